The Labute approximate surface area is 107 Å². The first kappa shape index (κ1) is 12.8. The van der Waals surface area contributed by atoms with Gasteiger partial charge in [0.15, 0.2) is 0 Å². The van der Waals surface area contributed by atoms with Crippen LogP contribution in [0.25, 0.3) is 0 Å². The van der Waals surface area contributed by atoms with Gasteiger partial charge in [0, 0.05) is 12.6 Å². The molecule has 1 saturated heterocycles. The molecule has 1 aliphatic heterocycles. The molecule has 0 atom stereocenters. The van der Waals surface area contributed by atoms with Crippen LogP contribution in [0.3, 0.4) is 0 Å². The average molecular weight is 257 g/mol. The standard InChI is InChI=1S/C13H18ClFN2/c1-16-11-4-6-17(7-5-11)9-10-2-3-13(15)12(14)8-10/h2-3,8,11,16H,4-7,9H2,1H3. The van der Waals surface area contributed by atoms with Crippen molar-refractivity contribution in [3.05, 3.63) is 34.6 Å². The number of hydrogen-bond acceptors (Lipinski definition) is 2. The largest absolute Gasteiger partial charge is 0.317 e. The van der Waals surface area contributed by atoms with Crippen LogP contribution in [0.2, 0.25) is 5.02 Å². The summed E-state index contributed by atoms with van der Waals surface area (Å²) < 4.78 is 13.0. The van der Waals surface area contributed by atoms with E-state index in [0.29, 0.717) is 6.04 Å². The first-order valence-corrected chi connectivity index (χ1v) is 6.40. The Morgan fingerprint density at radius 2 is 2.12 bits per heavy atom. The van der Waals surface area contributed by atoms with E-state index in [1.807, 2.05) is 13.1 Å². The van der Waals surface area contributed by atoms with E-state index < -0.39 is 0 Å². The second kappa shape index (κ2) is 5.80. The molecule has 0 radical (unpaired) electrons. The van der Waals surface area contributed by atoms with Gasteiger partial charge < -0.3 is 5.32 Å². The fraction of sp³-hybridized carbons (Fsp3) is 0.538. The Morgan fingerprint density at radius 1 is 1.41 bits per heavy atom. The van der Waals surface area contributed by atoms with E-state index in [1.165, 1.54) is 18.9 Å². The Morgan fingerprint density at radius 3 is 2.71 bits per heavy atom. The van der Waals surface area contributed by atoms with E-state index in [2.05, 4.69) is 10.2 Å². The van der Waals surface area contributed by atoms with Gasteiger partial charge >= 0.3 is 0 Å². The minimum Gasteiger partial charge on any atom is -0.317 e. The van der Waals surface area contributed by atoms with Crippen LogP contribution >= 0.6 is 11.6 Å². The fourth-order valence-electron chi connectivity index (χ4n) is 2.28. The van der Waals surface area contributed by atoms with Gasteiger partial charge in [0.1, 0.15) is 5.82 Å². The fourth-order valence-corrected chi connectivity index (χ4v) is 2.48. The lowest BCUT2D eigenvalue weighted by molar-refractivity contribution is 0.194. The van der Waals surface area contributed by atoms with Crippen LogP contribution in [0, 0.1) is 5.82 Å². The minimum atomic E-state index is -0.343. The molecule has 0 unspecified atom stereocenters. The maximum absolute atomic E-state index is 13.0. The highest BCUT2D eigenvalue weighted by molar-refractivity contribution is 6.30. The summed E-state index contributed by atoms with van der Waals surface area (Å²) in [5, 5.41) is 3.52. The van der Waals surface area contributed by atoms with Crippen molar-refractivity contribution in [2.24, 2.45) is 0 Å². The van der Waals surface area contributed by atoms with Gasteiger partial charge in [-0.2, -0.15) is 0 Å². The molecule has 2 rings (SSSR count). The number of rotatable bonds is 3. The Hall–Kier alpha value is -0.640. The smallest absolute Gasteiger partial charge is 0.141 e. The van der Waals surface area contributed by atoms with Gasteiger partial charge in [-0.1, -0.05) is 17.7 Å². The van der Waals surface area contributed by atoms with Gasteiger partial charge in [0.25, 0.3) is 0 Å². The number of halogens is 2. The molecule has 1 aromatic rings. The van der Waals surface area contributed by atoms with Crippen molar-refractivity contribution < 1.29 is 4.39 Å². The highest BCUT2D eigenvalue weighted by Crippen LogP contribution is 2.19. The zero-order valence-electron chi connectivity index (χ0n) is 10.0. The summed E-state index contributed by atoms with van der Waals surface area (Å²) in [6, 6.07) is 5.62. The molecule has 1 aliphatic rings. The number of nitrogens with one attached hydrogen (secondary N) is 1. The van der Waals surface area contributed by atoms with Gasteiger partial charge in [-0.3, -0.25) is 4.90 Å². The third-order valence-corrected chi connectivity index (χ3v) is 3.68. The van der Waals surface area contributed by atoms with Crippen LogP contribution in [0.15, 0.2) is 18.2 Å². The monoisotopic (exact) mass is 256 g/mol. The maximum atomic E-state index is 13.0. The summed E-state index contributed by atoms with van der Waals surface area (Å²) in [6.45, 7) is 3.03. The quantitative estimate of drug-likeness (QED) is 0.895. The number of nitrogens with zero attached hydrogens (tertiary/aromatic N) is 1. The highest BCUT2D eigenvalue weighted by atomic mass is 35.5. The predicted octanol–water partition coefficient (Wildman–Crippen LogP) is 2.66. The van der Waals surface area contributed by atoms with E-state index in [-0.39, 0.29) is 10.8 Å². The zero-order valence-corrected chi connectivity index (χ0v) is 10.8. The molecule has 0 aliphatic carbocycles. The van der Waals surface area contributed by atoms with Gasteiger partial charge in [-0.05, 0) is 50.7 Å². The molecular weight excluding hydrogens is 239 g/mol. The molecule has 94 valence electrons. The number of hydrogen-bond donors (Lipinski definition) is 1. The Kier molecular flexibility index (Phi) is 4.37. The molecule has 1 heterocycles. The van der Waals surface area contributed by atoms with Crippen LogP contribution in [0.1, 0.15) is 18.4 Å². The summed E-state index contributed by atoms with van der Waals surface area (Å²) in [6.07, 6.45) is 2.34. The lowest BCUT2D eigenvalue weighted by Gasteiger charge is -2.31. The summed E-state index contributed by atoms with van der Waals surface area (Å²) in [5.41, 5.74) is 1.08. The average Bonchev–Trinajstić information content (AvgIpc) is 2.35. The van der Waals surface area contributed by atoms with E-state index in [0.717, 1.165) is 25.2 Å². The normalized spacial score (nSPS) is 18.5. The van der Waals surface area contributed by atoms with Gasteiger partial charge in [-0.15, -0.1) is 0 Å². The van der Waals surface area contributed by atoms with Crippen LogP contribution < -0.4 is 5.32 Å². The molecular formula is C13H18ClFN2. The number of benzene rings is 1. The van der Waals surface area contributed by atoms with Crippen molar-refractivity contribution >= 4 is 11.6 Å². The van der Waals surface area contributed by atoms with Crippen LogP contribution in [0.4, 0.5) is 4.39 Å². The van der Waals surface area contributed by atoms with E-state index >= 15 is 0 Å². The van der Waals surface area contributed by atoms with Crippen LogP contribution in [-0.4, -0.2) is 31.1 Å². The number of piperidine rings is 1. The molecule has 0 saturated carbocycles. The summed E-state index contributed by atoms with van der Waals surface area (Å²) in [7, 11) is 2.01. The third-order valence-electron chi connectivity index (χ3n) is 3.39. The van der Waals surface area contributed by atoms with E-state index in [1.54, 1.807) is 6.07 Å². The maximum Gasteiger partial charge on any atom is 0.141 e. The zero-order chi connectivity index (χ0) is 12.3. The minimum absolute atomic E-state index is 0.215. The lowest BCUT2D eigenvalue weighted by atomic mass is 10.0. The van der Waals surface area contributed by atoms with Gasteiger partial charge in [0.05, 0.1) is 5.02 Å². The third kappa shape index (κ3) is 3.41. The molecule has 1 fully saturated rings. The second-order valence-electron chi connectivity index (χ2n) is 4.59. The predicted molar refractivity (Wildman–Crippen MR) is 68.8 cm³/mol. The Bertz CT molecular complexity index is 376. The molecule has 0 amide bonds. The summed E-state index contributed by atoms with van der Waals surface area (Å²) in [4.78, 5) is 2.39. The molecule has 1 aromatic carbocycles. The first-order valence-electron chi connectivity index (χ1n) is 6.02. The highest BCUT2D eigenvalue weighted by Gasteiger charge is 2.17. The van der Waals surface area contributed by atoms with Crippen LogP contribution in [0.5, 0.6) is 0 Å². The molecule has 1 N–H and O–H groups in total. The van der Waals surface area contributed by atoms with E-state index in [4.69, 9.17) is 11.6 Å². The summed E-state index contributed by atoms with van der Waals surface area (Å²) >= 11 is 5.77. The summed E-state index contributed by atoms with van der Waals surface area (Å²) in [5.74, 6) is -0.343. The van der Waals surface area contributed by atoms with E-state index in [9.17, 15) is 4.39 Å². The first-order chi connectivity index (χ1) is 8.19. The van der Waals surface area contributed by atoms with Crippen molar-refractivity contribution in [2.75, 3.05) is 20.1 Å². The van der Waals surface area contributed by atoms with Crippen molar-refractivity contribution in [3.63, 3.8) is 0 Å². The van der Waals surface area contributed by atoms with Crippen LogP contribution in [-0.2, 0) is 6.54 Å². The molecule has 0 bridgehead atoms. The van der Waals surface area contributed by atoms with Crippen molar-refractivity contribution in [1.29, 1.82) is 0 Å². The molecule has 2 nitrogen and oxygen atoms in total. The molecule has 0 aromatic heterocycles. The number of likely N-dealkylation sites (tertiary alicyclic amines) is 1. The molecule has 4 heteroatoms. The lowest BCUT2D eigenvalue weighted by Crippen LogP contribution is -2.40. The van der Waals surface area contributed by atoms with Crippen molar-refractivity contribution in [3.8, 4) is 0 Å². The van der Waals surface area contributed by atoms with Gasteiger partial charge in [0.2, 0.25) is 0 Å². The second-order valence-corrected chi connectivity index (χ2v) is 4.99. The topological polar surface area (TPSA) is 15.3 Å². The SMILES string of the molecule is CNC1CCN(Cc2ccc(F)c(Cl)c2)CC1. The van der Waals surface area contributed by atoms with Crippen molar-refractivity contribution in [2.45, 2.75) is 25.4 Å². The van der Waals surface area contributed by atoms with Crippen molar-refractivity contribution in [1.82, 2.24) is 10.2 Å². The Balaban J connectivity index is 1.91. The van der Waals surface area contributed by atoms with Gasteiger partial charge in [-0.25, -0.2) is 4.39 Å². The molecule has 0 spiro atoms. The molecule has 17 heavy (non-hydrogen) atoms.